The first-order valence-electron chi connectivity index (χ1n) is 5.80. The number of anilines is 2. The van der Waals surface area contributed by atoms with Crippen LogP contribution in [0.4, 0.5) is 11.4 Å². The molecule has 100 valence electrons. The Kier molecular flexibility index (Phi) is 6.79. The molecule has 2 aromatic carbocycles. The Labute approximate surface area is 170 Å². The number of fused-ring (bicyclic) bond motifs is 2. The average molecular weight is 314 g/mol. The maximum Gasteiger partial charge on any atom is 1.00 e. The predicted octanol–water partition coefficient (Wildman–Crippen LogP) is -3.71. The molecule has 0 saturated carbocycles. The van der Waals surface area contributed by atoms with E-state index >= 15 is 0 Å². The predicted molar refractivity (Wildman–Crippen MR) is 73.7 cm³/mol. The van der Waals surface area contributed by atoms with Gasteiger partial charge in [0.05, 0.1) is 5.56 Å². The molecular weight excluding hydrogens is 306 g/mol. The molecule has 0 atom stereocenters. The molecule has 0 saturated heterocycles. The largest absolute Gasteiger partial charge is 1.00 e. The molecule has 8 heteroatoms. The Hall–Kier alpha value is -0.700. The van der Waals surface area contributed by atoms with Crippen molar-refractivity contribution in [2.24, 2.45) is 0 Å². The van der Waals surface area contributed by atoms with E-state index in [0.29, 0.717) is 0 Å². The van der Waals surface area contributed by atoms with Crippen molar-refractivity contribution in [2.45, 2.75) is 0 Å². The number of hydrogen-bond donors (Lipinski definition) is 2. The summed E-state index contributed by atoms with van der Waals surface area (Å²) >= 11 is 0. The summed E-state index contributed by atoms with van der Waals surface area (Å²) in [7, 11) is 0. The molecule has 6 nitrogen and oxygen atoms in total. The van der Waals surface area contributed by atoms with Crippen LogP contribution in [0.5, 0.6) is 0 Å². The molecule has 0 radical (unpaired) electrons. The Morgan fingerprint density at radius 1 is 0.773 bits per heavy atom. The van der Waals surface area contributed by atoms with E-state index in [4.69, 9.17) is 0 Å². The minimum atomic E-state index is -0.453. The number of carbonyl (C=O) groups is 2. The molecule has 2 aromatic rings. The number of nitrogens with one attached hydrogen (secondary N) is 2. The van der Waals surface area contributed by atoms with E-state index in [1.807, 2.05) is 0 Å². The van der Waals surface area contributed by atoms with Crippen LogP contribution in [0.25, 0.3) is 0 Å². The summed E-state index contributed by atoms with van der Waals surface area (Å²) in [5.74, 6) is -0.796. The number of benzene rings is 2. The molecule has 1 aliphatic carbocycles. The van der Waals surface area contributed by atoms with Crippen LogP contribution in [0.3, 0.4) is 0 Å². The molecule has 0 fully saturated rings. The molecule has 2 N–H and O–H groups in total. The molecule has 0 spiro atoms. The average Bonchev–Trinajstić information content (AvgIpc) is 2.51. The minimum absolute atomic E-state index is 0. The van der Waals surface area contributed by atoms with E-state index in [0.717, 1.165) is 0 Å². The van der Waals surface area contributed by atoms with Gasteiger partial charge >= 0.3 is 59.1 Å². The van der Waals surface area contributed by atoms with Gasteiger partial charge in [0.15, 0.2) is 11.6 Å². The molecule has 0 heterocycles. The SMILES string of the molecule is O=C1c2ccc(N[O-])cc2C(=O)c2c(N[O-])cccc21.[Na+].[Na+]. The van der Waals surface area contributed by atoms with Gasteiger partial charge in [-0.3, -0.25) is 9.59 Å². The van der Waals surface area contributed by atoms with Gasteiger partial charge in [0.2, 0.25) is 0 Å². The van der Waals surface area contributed by atoms with Crippen molar-refractivity contribution in [1.29, 1.82) is 0 Å². The number of carbonyl (C=O) groups excluding carboxylic acids is 2. The molecule has 22 heavy (non-hydrogen) atoms. The van der Waals surface area contributed by atoms with Gasteiger partial charge in [-0.2, -0.15) is 0 Å². The monoisotopic (exact) mass is 314 g/mol. The Balaban J connectivity index is 0.00000121. The first kappa shape index (κ1) is 19.3. The first-order valence-corrected chi connectivity index (χ1v) is 5.80. The van der Waals surface area contributed by atoms with Crippen LogP contribution >= 0.6 is 0 Å². The molecule has 1 aliphatic rings. The molecule has 3 rings (SSSR count). The van der Waals surface area contributed by atoms with E-state index < -0.39 is 5.78 Å². The Morgan fingerprint density at radius 2 is 1.50 bits per heavy atom. The third kappa shape index (κ3) is 3.02. The summed E-state index contributed by atoms with van der Waals surface area (Å²) in [6.07, 6.45) is 0. The first-order chi connectivity index (χ1) is 9.67. The molecule has 0 aliphatic heterocycles. The van der Waals surface area contributed by atoms with Crippen molar-refractivity contribution in [3.63, 3.8) is 0 Å². The number of ketones is 2. The summed E-state index contributed by atoms with van der Waals surface area (Å²) in [5, 5.41) is 21.6. The summed E-state index contributed by atoms with van der Waals surface area (Å²) in [4.78, 5) is 24.8. The fraction of sp³-hybridized carbons (Fsp3) is 0. The Bertz CT molecular complexity index is 750. The van der Waals surface area contributed by atoms with Crippen LogP contribution in [0, 0.1) is 10.4 Å². The van der Waals surface area contributed by atoms with Crippen LogP contribution < -0.4 is 70.1 Å². The zero-order valence-corrected chi connectivity index (χ0v) is 16.1. The fourth-order valence-corrected chi connectivity index (χ4v) is 2.34. The van der Waals surface area contributed by atoms with E-state index in [2.05, 4.69) is 0 Å². The van der Waals surface area contributed by atoms with Crippen LogP contribution in [-0.4, -0.2) is 11.6 Å². The van der Waals surface area contributed by atoms with E-state index in [1.54, 1.807) is 11.0 Å². The maximum absolute atomic E-state index is 12.4. The van der Waals surface area contributed by atoms with Gasteiger partial charge in [-0.1, -0.05) is 12.1 Å². The maximum atomic E-state index is 12.4. The zero-order chi connectivity index (χ0) is 14.3. The summed E-state index contributed by atoms with van der Waals surface area (Å²) in [5.41, 5.74) is 4.14. The third-order valence-electron chi connectivity index (χ3n) is 3.27. The normalized spacial score (nSPS) is 11.5. The van der Waals surface area contributed by atoms with Crippen molar-refractivity contribution in [2.75, 3.05) is 11.0 Å². The smallest absolute Gasteiger partial charge is 0.761 e. The van der Waals surface area contributed by atoms with Crippen LogP contribution in [-0.2, 0) is 0 Å². The number of rotatable bonds is 2. The van der Waals surface area contributed by atoms with E-state index in [-0.39, 0.29) is 98.5 Å². The van der Waals surface area contributed by atoms with E-state index in [1.165, 1.54) is 36.4 Å². The molecule has 0 bridgehead atoms. The summed E-state index contributed by atoms with van der Waals surface area (Å²) in [6, 6.07) is 8.63. The third-order valence-corrected chi connectivity index (χ3v) is 3.27. The van der Waals surface area contributed by atoms with Crippen molar-refractivity contribution >= 4 is 22.9 Å². The molecular formula is C14H8N2Na2O4. The summed E-state index contributed by atoms with van der Waals surface area (Å²) < 4.78 is 0. The van der Waals surface area contributed by atoms with Gasteiger partial charge in [-0.25, -0.2) is 0 Å². The summed E-state index contributed by atoms with van der Waals surface area (Å²) in [6.45, 7) is 0. The van der Waals surface area contributed by atoms with Gasteiger partial charge in [0.25, 0.3) is 0 Å². The van der Waals surface area contributed by atoms with Crippen molar-refractivity contribution in [3.05, 3.63) is 69.1 Å². The van der Waals surface area contributed by atoms with Crippen LogP contribution in [0.15, 0.2) is 36.4 Å². The standard InChI is InChI=1S/C14H8N2O4.2Na/c17-13-8-5-4-7(15-19)6-10(8)14(18)12-9(13)2-1-3-11(12)16-20;;/h1-6,15-16H;;/q-2;2*+1. The van der Waals surface area contributed by atoms with Gasteiger partial charge < -0.3 is 21.4 Å². The van der Waals surface area contributed by atoms with Gasteiger partial charge in [-0.15, -0.1) is 0 Å². The van der Waals surface area contributed by atoms with Crippen LogP contribution in [0.1, 0.15) is 31.8 Å². The zero-order valence-electron chi connectivity index (χ0n) is 12.1. The van der Waals surface area contributed by atoms with Gasteiger partial charge in [-0.05, 0) is 24.3 Å². The van der Waals surface area contributed by atoms with Gasteiger partial charge in [0, 0.05) is 28.1 Å². The van der Waals surface area contributed by atoms with Crippen molar-refractivity contribution in [3.8, 4) is 0 Å². The fourth-order valence-electron chi connectivity index (χ4n) is 2.34. The van der Waals surface area contributed by atoms with Crippen molar-refractivity contribution in [1.82, 2.24) is 0 Å². The van der Waals surface area contributed by atoms with E-state index in [9.17, 15) is 20.0 Å². The molecule has 0 aromatic heterocycles. The molecule has 0 unspecified atom stereocenters. The second kappa shape index (κ2) is 7.72. The Morgan fingerprint density at radius 3 is 2.14 bits per heavy atom. The topological polar surface area (TPSA) is 104 Å². The van der Waals surface area contributed by atoms with Crippen molar-refractivity contribution < 1.29 is 68.7 Å². The molecule has 0 amide bonds. The van der Waals surface area contributed by atoms with Gasteiger partial charge in [0.1, 0.15) is 0 Å². The number of hydrogen-bond acceptors (Lipinski definition) is 6. The minimum Gasteiger partial charge on any atom is -0.761 e. The quantitative estimate of drug-likeness (QED) is 0.372. The van der Waals surface area contributed by atoms with Crippen LogP contribution in [0.2, 0.25) is 0 Å². The second-order valence-electron chi connectivity index (χ2n) is 4.35. The second-order valence-corrected chi connectivity index (χ2v) is 4.35.